The van der Waals surface area contributed by atoms with Crippen LogP contribution in [0.5, 0.6) is 0 Å². The molecule has 0 saturated heterocycles. The number of aromatic nitrogens is 3. The molecule has 2 rings (SSSR count). The summed E-state index contributed by atoms with van der Waals surface area (Å²) < 4.78 is 1.82. The van der Waals surface area contributed by atoms with Crippen LogP contribution < -0.4 is 11.1 Å². The highest BCUT2D eigenvalue weighted by atomic mass is 16.2. The molecular weight excluding hydrogens is 266 g/mol. The van der Waals surface area contributed by atoms with Crippen LogP contribution in [0.2, 0.25) is 0 Å². The zero-order valence-electron chi connectivity index (χ0n) is 12.8. The Morgan fingerprint density at radius 2 is 2.05 bits per heavy atom. The van der Waals surface area contributed by atoms with Crippen molar-refractivity contribution in [2.45, 2.75) is 33.7 Å². The lowest BCUT2D eigenvalue weighted by molar-refractivity contribution is -0.119. The maximum absolute atomic E-state index is 12.3. The lowest BCUT2D eigenvalue weighted by Crippen LogP contribution is -2.45. The van der Waals surface area contributed by atoms with Crippen molar-refractivity contribution in [3.8, 4) is 5.82 Å². The molecule has 0 aliphatic carbocycles. The van der Waals surface area contributed by atoms with Crippen molar-refractivity contribution < 1.29 is 4.79 Å². The van der Waals surface area contributed by atoms with E-state index < -0.39 is 6.04 Å². The van der Waals surface area contributed by atoms with E-state index in [-0.39, 0.29) is 11.3 Å². The van der Waals surface area contributed by atoms with Gasteiger partial charge in [-0.3, -0.25) is 9.36 Å². The minimum Gasteiger partial charge on any atom is -0.322 e. The third kappa shape index (κ3) is 3.28. The quantitative estimate of drug-likeness (QED) is 0.902. The molecule has 21 heavy (non-hydrogen) atoms. The number of imidazole rings is 1. The molecule has 0 aliphatic rings. The van der Waals surface area contributed by atoms with Crippen LogP contribution in [0.3, 0.4) is 0 Å². The van der Waals surface area contributed by atoms with Crippen LogP contribution in [-0.4, -0.2) is 26.5 Å². The predicted octanol–water partition coefficient (Wildman–Crippen LogP) is 1.89. The first-order valence-electron chi connectivity index (χ1n) is 6.82. The molecule has 0 radical (unpaired) electrons. The van der Waals surface area contributed by atoms with Gasteiger partial charge in [0.25, 0.3) is 0 Å². The van der Waals surface area contributed by atoms with Crippen LogP contribution in [0.1, 0.15) is 26.6 Å². The van der Waals surface area contributed by atoms with Crippen LogP contribution in [0.15, 0.2) is 30.7 Å². The van der Waals surface area contributed by atoms with Gasteiger partial charge in [0.15, 0.2) is 5.82 Å². The maximum atomic E-state index is 12.3. The second-order valence-corrected chi connectivity index (χ2v) is 6.05. The Kier molecular flexibility index (Phi) is 4.09. The molecule has 6 heteroatoms. The van der Waals surface area contributed by atoms with Crippen molar-refractivity contribution in [3.63, 3.8) is 0 Å². The monoisotopic (exact) mass is 287 g/mol. The number of carbonyl (C=O) groups is 1. The molecule has 0 aliphatic heterocycles. The summed E-state index contributed by atoms with van der Waals surface area (Å²) >= 11 is 0. The fourth-order valence-electron chi connectivity index (χ4n) is 1.89. The first-order valence-corrected chi connectivity index (χ1v) is 6.82. The van der Waals surface area contributed by atoms with Crippen molar-refractivity contribution in [1.82, 2.24) is 14.5 Å². The number of hydrogen-bond donors (Lipinski definition) is 2. The first kappa shape index (κ1) is 15.2. The Bertz CT molecular complexity index is 642. The number of aryl methyl sites for hydroxylation is 1. The van der Waals surface area contributed by atoms with Crippen molar-refractivity contribution >= 4 is 11.6 Å². The van der Waals surface area contributed by atoms with E-state index in [1.165, 1.54) is 0 Å². The van der Waals surface area contributed by atoms with Gasteiger partial charge in [-0.1, -0.05) is 20.8 Å². The molecule has 1 atom stereocenters. The van der Waals surface area contributed by atoms with Crippen molar-refractivity contribution in [2.75, 3.05) is 5.32 Å². The molecule has 112 valence electrons. The summed E-state index contributed by atoms with van der Waals surface area (Å²) in [5.41, 5.74) is 6.30. The molecule has 0 saturated carbocycles. The molecule has 2 aromatic rings. The van der Waals surface area contributed by atoms with Gasteiger partial charge in [0.05, 0.1) is 11.7 Å². The molecule has 0 bridgehead atoms. The van der Waals surface area contributed by atoms with E-state index in [1.807, 2.05) is 32.3 Å². The Labute approximate surface area is 124 Å². The highest BCUT2D eigenvalue weighted by Gasteiger charge is 2.28. The van der Waals surface area contributed by atoms with E-state index in [9.17, 15) is 4.79 Å². The number of rotatable bonds is 3. The van der Waals surface area contributed by atoms with Crippen molar-refractivity contribution in [1.29, 1.82) is 0 Å². The number of nitrogens with two attached hydrogens (primary N) is 1. The van der Waals surface area contributed by atoms with Crippen molar-refractivity contribution in [2.24, 2.45) is 11.1 Å². The molecule has 0 spiro atoms. The summed E-state index contributed by atoms with van der Waals surface area (Å²) in [5.74, 6) is 1.20. The normalized spacial score (nSPS) is 13.0. The van der Waals surface area contributed by atoms with Crippen molar-refractivity contribution in [3.05, 3.63) is 36.5 Å². The van der Waals surface area contributed by atoms with Gasteiger partial charge in [0.1, 0.15) is 5.82 Å². The van der Waals surface area contributed by atoms with Gasteiger partial charge in [-0.05, 0) is 24.5 Å². The van der Waals surface area contributed by atoms with Gasteiger partial charge in [0.2, 0.25) is 5.91 Å². The average Bonchev–Trinajstić information content (AvgIpc) is 2.83. The second kappa shape index (κ2) is 5.65. The zero-order valence-corrected chi connectivity index (χ0v) is 12.8. The largest absolute Gasteiger partial charge is 0.322 e. The van der Waals surface area contributed by atoms with E-state index in [2.05, 4.69) is 15.3 Å². The molecule has 6 nitrogen and oxygen atoms in total. The third-order valence-electron chi connectivity index (χ3n) is 3.31. The average molecular weight is 287 g/mol. The summed E-state index contributed by atoms with van der Waals surface area (Å²) in [6.45, 7) is 7.67. The van der Waals surface area contributed by atoms with Crippen LogP contribution in [-0.2, 0) is 4.79 Å². The number of anilines is 1. The number of nitrogens with one attached hydrogen (secondary N) is 1. The van der Waals surface area contributed by atoms with Gasteiger partial charge in [-0.15, -0.1) is 0 Å². The molecule has 2 heterocycles. The topological polar surface area (TPSA) is 85.8 Å². The standard InChI is InChI=1S/C15H21N5O/c1-10-17-8-9-20(10)13-11(6-5-7-18-13)19-14(21)12(16)15(2,3)4/h5-9,12H,16H2,1-4H3,(H,19,21)/t12-/m0/s1. The minimum absolute atomic E-state index is 0.227. The van der Waals surface area contributed by atoms with E-state index in [1.54, 1.807) is 30.7 Å². The summed E-state index contributed by atoms with van der Waals surface area (Å²) in [7, 11) is 0. The summed E-state index contributed by atoms with van der Waals surface area (Å²) in [6, 6.07) is 2.97. The lowest BCUT2D eigenvalue weighted by Gasteiger charge is -2.26. The minimum atomic E-state index is -0.602. The van der Waals surface area contributed by atoms with Crippen LogP contribution >= 0.6 is 0 Å². The van der Waals surface area contributed by atoms with E-state index >= 15 is 0 Å². The fraction of sp³-hybridized carbons (Fsp3) is 0.400. The van der Waals surface area contributed by atoms with Gasteiger partial charge in [-0.25, -0.2) is 9.97 Å². The maximum Gasteiger partial charge on any atom is 0.241 e. The number of nitrogens with zero attached hydrogens (tertiary/aromatic N) is 3. The Balaban J connectivity index is 2.30. The number of pyridine rings is 1. The SMILES string of the molecule is Cc1nccn1-c1ncccc1NC(=O)[C@H](N)C(C)(C)C. The van der Waals surface area contributed by atoms with Gasteiger partial charge < -0.3 is 11.1 Å². The lowest BCUT2D eigenvalue weighted by atomic mass is 9.87. The molecule has 3 N–H and O–H groups in total. The second-order valence-electron chi connectivity index (χ2n) is 6.05. The molecule has 1 amide bonds. The summed E-state index contributed by atoms with van der Waals surface area (Å²) in [6.07, 6.45) is 5.17. The molecule has 2 aromatic heterocycles. The third-order valence-corrected chi connectivity index (χ3v) is 3.31. The van der Waals surface area contributed by atoms with Crippen LogP contribution in [0.25, 0.3) is 5.82 Å². The summed E-state index contributed by atoms with van der Waals surface area (Å²) in [4.78, 5) is 20.8. The summed E-state index contributed by atoms with van der Waals surface area (Å²) in [5, 5.41) is 2.86. The number of carbonyl (C=O) groups excluding carboxylic acids is 1. The molecule has 0 aromatic carbocycles. The van der Waals surface area contributed by atoms with Gasteiger partial charge in [-0.2, -0.15) is 0 Å². The Hall–Kier alpha value is -2.21. The Morgan fingerprint density at radius 1 is 1.33 bits per heavy atom. The predicted molar refractivity (Wildman–Crippen MR) is 82.2 cm³/mol. The smallest absolute Gasteiger partial charge is 0.241 e. The van der Waals surface area contributed by atoms with E-state index in [4.69, 9.17) is 5.73 Å². The van der Waals surface area contributed by atoms with Crippen LogP contribution in [0.4, 0.5) is 5.69 Å². The fourth-order valence-corrected chi connectivity index (χ4v) is 1.89. The molecular formula is C15H21N5O. The van der Waals surface area contributed by atoms with Gasteiger partial charge in [0, 0.05) is 18.6 Å². The zero-order chi connectivity index (χ0) is 15.6. The number of amides is 1. The van der Waals surface area contributed by atoms with E-state index in [0.29, 0.717) is 11.5 Å². The molecule has 0 unspecified atom stereocenters. The molecule has 0 fully saturated rings. The number of hydrogen-bond acceptors (Lipinski definition) is 4. The first-order chi connectivity index (χ1) is 9.80. The van der Waals surface area contributed by atoms with Gasteiger partial charge >= 0.3 is 0 Å². The van der Waals surface area contributed by atoms with Crippen LogP contribution in [0, 0.1) is 12.3 Å². The Morgan fingerprint density at radius 3 is 2.62 bits per heavy atom. The highest BCUT2D eigenvalue weighted by molar-refractivity contribution is 5.96. The highest BCUT2D eigenvalue weighted by Crippen LogP contribution is 2.22. The van der Waals surface area contributed by atoms with E-state index in [0.717, 1.165) is 5.82 Å².